The van der Waals surface area contributed by atoms with Gasteiger partial charge in [-0.3, -0.25) is 19.4 Å². The summed E-state index contributed by atoms with van der Waals surface area (Å²) in [4.78, 5) is 53.5. The number of hydrogen-bond acceptors (Lipinski definition) is 11. The molecule has 1 saturated carbocycles. The molecule has 6 aliphatic rings. The summed E-state index contributed by atoms with van der Waals surface area (Å²) in [6.07, 6.45) is 5.42. The summed E-state index contributed by atoms with van der Waals surface area (Å²) >= 11 is 0. The Morgan fingerprint density at radius 2 is 1.76 bits per heavy atom. The molecule has 9 rings (SSSR count). The number of anilines is 1. The predicted molar refractivity (Wildman–Crippen MR) is 223 cm³/mol. The van der Waals surface area contributed by atoms with E-state index in [0.29, 0.717) is 56.1 Å². The summed E-state index contributed by atoms with van der Waals surface area (Å²) in [5.74, 6) is -0.728. The van der Waals surface area contributed by atoms with Gasteiger partial charge in [0.25, 0.3) is 0 Å². The fourth-order valence-corrected chi connectivity index (χ4v) is 13.7. The van der Waals surface area contributed by atoms with Crippen LogP contribution in [0.5, 0.6) is 5.75 Å². The van der Waals surface area contributed by atoms with Crippen LogP contribution in [-0.2, 0) is 46.0 Å². The molecule has 1 spiro atoms. The first kappa shape index (κ1) is 40.0. The van der Waals surface area contributed by atoms with Crippen LogP contribution in [0.15, 0.2) is 48.6 Å². The second-order valence-electron chi connectivity index (χ2n) is 19.1. The molecule has 12 nitrogen and oxygen atoms in total. The van der Waals surface area contributed by atoms with E-state index in [0.717, 1.165) is 52.9 Å². The number of aliphatic hydroxyl groups is 1. The predicted octanol–water partition coefficient (Wildman–Crippen LogP) is 5.47. The van der Waals surface area contributed by atoms with Crippen LogP contribution >= 0.6 is 0 Å². The van der Waals surface area contributed by atoms with Crippen LogP contribution in [-0.4, -0.2) is 116 Å². The maximum atomic E-state index is 15.3. The van der Waals surface area contributed by atoms with Crippen molar-refractivity contribution >= 4 is 34.5 Å². The third-order valence-electron chi connectivity index (χ3n) is 16.2. The molecule has 2 saturated heterocycles. The molecule has 316 valence electrons. The van der Waals surface area contributed by atoms with E-state index < -0.39 is 45.9 Å². The van der Waals surface area contributed by atoms with Gasteiger partial charge in [0.1, 0.15) is 11.2 Å². The number of nitrogens with one attached hydrogen (secondary N) is 1. The summed E-state index contributed by atoms with van der Waals surface area (Å²) in [5.41, 5.74) is -0.158. The molecule has 3 aromatic rings. The molecule has 12 heteroatoms. The minimum absolute atomic E-state index is 0.0233. The summed E-state index contributed by atoms with van der Waals surface area (Å²) in [7, 11) is 6.27. The number of benzene rings is 2. The van der Waals surface area contributed by atoms with E-state index in [9.17, 15) is 14.7 Å². The zero-order chi connectivity index (χ0) is 42.0. The van der Waals surface area contributed by atoms with E-state index in [1.165, 1.54) is 21.1 Å². The Kier molecular flexibility index (Phi) is 9.20. The van der Waals surface area contributed by atoms with Gasteiger partial charge in [-0.1, -0.05) is 58.0 Å². The average molecular weight is 809 g/mol. The Hall–Kier alpha value is -4.39. The van der Waals surface area contributed by atoms with Crippen LogP contribution in [0.25, 0.3) is 10.9 Å². The van der Waals surface area contributed by atoms with Crippen molar-refractivity contribution in [2.75, 3.05) is 59.5 Å². The highest BCUT2D eigenvalue weighted by Crippen LogP contribution is 2.68. The lowest BCUT2D eigenvalue weighted by Crippen LogP contribution is -2.81. The number of carbonyl (C=O) groups excluding carboxylic acids is 3. The first-order chi connectivity index (χ1) is 28.1. The second kappa shape index (κ2) is 13.6. The standard InChI is InChI=1S/C47H60N4O8/c1-10-44-16-13-18-51-19-17-45(38(44)51)32-20-33(36(56-7)21-35(32)49(6)39(45)47(55,42(54)58-9)40(44)59-28(4)52)46(41(53)57-8)23-29-22-43(5,27(2)3)26-50(24-29)25-31-30-14-11-12-15-34(30)48-37(31)46/h11-16,20-21,27,29,38-40,48,55H,10,17-19,22-26H2,1-9H3/t29?,38-,39+,40+,43?,44+,45+,46-,47?/m0/s1. The summed E-state index contributed by atoms with van der Waals surface area (Å²) in [6.45, 7) is 14.2. The number of para-hydroxylation sites is 1. The van der Waals surface area contributed by atoms with Crippen molar-refractivity contribution < 1.29 is 38.4 Å². The molecular formula is C47H60N4O8. The maximum Gasteiger partial charge on any atom is 0.344 e. The maximum absolute atomic E-state index is 15.3. The highest BCUT2D eigenvalue weighted by Gasteiger charge is 2.80. The number of esters is 3. The Labute approximate surface area is 347 Å². The number of ether oxygens (including phenoxy) is 4. The van der Waals surface area contributed by atoms with Crippen LogP contribution in [0.3, 0.4) is 0 Å². The highest BCUT2D eigenvalue weighted by atomic mass is 16.6. The number of likely N-dealkylation sites (N-methyl/N-ethyl adjacent to an activating group) is 1. The van der Waals surface area contributed by atoms with E-state index in [4.69, 9.17) is 18.9 Å². The Bertz CT molecular complexity index is 2270. The van der Waals surface area contributed by atoms with Crippen molar-refractivity contribution in [2.24, 2.45) is 22.7 Å². The van der Waals surface area contributed by atoms with Crippen molar-refractivity contribution in [1.82, 2.24) is 14.8 Å². The molecule has 2 aromatic carbocycles. The lowest BCUT2D eigenvalue weighted by atomic mass is 9.47. The molecule has 3 fully saturated rings. The van der Waals surface area contributed by atoms with Crippen molar-refractivity contribution in [2.45, 2.75) is 101 Å². The molecule has 1 aromatic heterocycles. The summed E-state index contributed by atoms with van der Waals surface area (Å²) in [6, 6.07) is 11.3. The fraction of sp³-hybridized carbons (Fsp3) is 0.596. The minimum Gasteiger partial charge on any atom is -0.496 e. The first-order valence-electron chi connectivity index (χ1n) is 21.4. The molecule has 59 heavy (non-hydrogen) atoms. The number of methoxy groups -OCH3 is 3. The molecule has 5 aliphatic heterocycles. The van der Waals surface area contributed by atoms with Crippen LogP contribution in [0, 0.1) is 22.7 Å². The minimum atomic E-state index is -2.27. The van der Waals surface area contributed by atoms with Gasteiger partial charge in [-0.05, 0) is 72.7 Å². The van der Waals surface area contributed by atoms with E-state index in [1.807, 2.05) is 31.0 Å². The molecule has 1 aliphatic carbocycles. The number of H-pyrrole nitrogens is 1. The van der Waals surface area contributed by atoms with E-state index in [2.05, 4.69) is 72.0 Å². The molecule has 0 amide bonds. The van der Waals surface area contributed by atoms with Crippen molar-refractivity contribution in [3.05, 3.63) is 70.9 Å². The Morgan fingerprint density at radius 3 is 2.44 bits per heavy atom. The third-order valence-corrected chi connectivity index (χ3v) is 16.2. The number of aromatic amines is 1. The normalized spacial score (nSPS) is 36.9. The van der Waals surface area contributed by atoms with Crippen LogP contribution < -0.4 is 9.64 Å². The molecule has 6 heterocycles. The van der Waals surface area contributed by atoms with Gasteiger partial charge in [0, 0.05) is 90.9 Å². The number of aromatic nitrogens is 1. The first-order valence-corrected chi connectivity index (χ1v) is 21.4. The number of fused-ring (bicyclic) bond motifs is 6. The second-order valence-corrected chi connectivity index (χ2v) is 19.1. The zero-order valence-electron chi connectivity index (χ0n) is 36.0. The Balaban J connectivity index is 1.36. The Morgan fingerprint density at radius 1 is 1.02 bits per heavy atom. The average Bonchev–Trinajstić information content (AvgIpc) is 3.86. The number of carbonyl (C=O) groups is 3. The van der Waals surface area contributed by atoms with Gasteiger partial charge < -0.3 is 33.9 Å². The molecule has 2 N–H and O–H groups in total. The van der Waals surface area contributed by atoms with Gasteiger partial charge in [-0.25, -0.2) is 4.79 Å². The number of hydrogen-bond donors (Lipinski definition) is 2. The molecule has 2 bridgehead atoms. The van der Waals surface area contributed by atoms with Crippen LogP contribution in [0.1, 0.15) is 82.7 Å². The van der Waals surface area contributed by atoms with Gasteiger partial charge in [-0.15, -0.1) is 0 Å². The van der Waals surface area contributed by atoms with E-state index >= 15 is 4.79 Å². The quantitative estimate of drug-likeness (QED) is 0.179. The highest BCUT2D eigenvalue weighted by molar-refractivity contribution is 5.95. The van der Waals surface area contributed by atoms with Gasteiger partial charge in [0.2, 0.25) is 5.60 Å². The SMILES string of the molecule is CC[C@]12C=CCN3CC[C@@]4(c5cc([C@@]6(C(=O)OC)CC7CN(Cc8c6[nH]c6ccccc86)CC(C)(C(C)C)C7)c(OC)cc5N(C)[C@H]4C(O)(C(=O)OC)[C@@H]1OC(C)=O)[C@@H]32. The van der Waals surface area contributed by atoms with Crippen molar-refractivity contribution in [1.29, 1.82) is 0 Å². The monoisotopic (exact) mass is 808 g/mol. The van der Waals surface area contributed by atoms with Crippen LogP contribution in [0.4, 0.5) is 5.69 Å². The largest absolute Gasteiger partial charge is 0.496 e. The van der Waals surface area contributed by atoms with Crippen molar-refractivity contribution in [3.8, 4) is 5.75 Å². The fourth-order valence-electron chi connectivity index (χ4n) is 13.7. The number of nitrogens with zero attached hydrogens (tertiary/aromatic N) is 3. The number of rotatable bonds is 7. The van der Waals surface area contributed by atoms with Crippen LogP contribution in [0.2, 0.25) is 0 Å². The number of piperidine rings is 1. The lowest BCUT2D eigenvalue weighted by molar-refractivity contribution is -0.228. The lowest BCUT2D eigenvalue weighted by Gasteiger charge is -2.63. The van der Waals surface area contributed by atoms with E-state index in [-0.39, 0.29) is 23.3 Å². The van der Waals surface area contributed by atoms with Gasteiger partial charge in [-0.2, -0.15) is 0 Å². The van der Waals surface area contributed by atoms with Gasteiger partial charge >= 0.3 is 17.9 Å². The molecule has 4 unspecified atom stereocenters. The van der Waals surface area contributed by atoms with Gasteiger partial charge in [0.15, 0.2) is 6.10 Å². The summed E-state index contributed by atoms with van der Waals surface area (Å²) in [5, 5.41) is 14.4. The van der Waals surface area contributed by atoms with E-state index in [1.54, 1.807) is 7.11 Å². The summed E-state index contributed by atoms with van der Waals surface area (Å²) < 4.78 is 24.0. The third kappa shape index (κ3) is 5.08. The zero-order valence-corrected chi connectivity index (χ0v) is 36.0. The molecule has 10 atom stereocenters. The topological polar surface area (TPSA) is 134 Å². The molecule has 0 radical (unpaired) electrons. The smallest absolute Gasteiger partial charge is 0.344 e. The molecular weight excluding hydrogens is 749 g/mol. The van der Waals surface area contributed by atoms with Crippen molar-refractivity contribution in [3.63, 3.8) is 0 Å². The van der Waals surface area contributed by atoms with Gasteiger partial charge in [0.05, 0.1) is 27.4 Å².